The highest BCUT2D eigenvalue weighted by atomic mass is 35.5. The third-order valence-electron chi connectivity index (χ3n) is 5.29. The molecule has 4 aromatic rings. The number of furan rings is 1. The van der Waals surface area contributed by atoms with Gasteiger partial charge in [0.25, 0.3) is 0 Å². The SMILES string of the molecule is CCS(=O)(=O)CC(=O)c1ccc(Cn2c(-c3ccccc3)cc3cc(OC)c(Cl)cc32)o1. The van der Waals surface area contributed by atoms with Crippen molar-refractivity contribution in [3.63, 3.8) is 0 Å². The van der Waals surface area contributed by atoms with Gasteiger partial charge in [-0.15, -0.1) is 0 Å². The van der Waals surface area contributed by atoms with Crippen LogP contribution in [0.15, 0.2) is 65.1 Å². The molecule has 0 aliphatic rings. The Labute approximate surface area is 191 Å². The lowest BCUT2D eigenvalue weighted by Crippen LogP contribution is -2.17. The van der Waals surface area contributed by atoms with E-state index in [0.717, 1.165) is 22.2 Å². The van der Waals surface area contributed by atoms with Gasteiger partial charge in [0.15, 0.2) is 15.6 Å². The van der Waals surface area contributed by atoms with Crippen LogP contribution in [-0.4, -0.2) is 37.4 Å². The summed E-state index contributed by atoms with van der Waals surface area (Å²) in [6.07, 6.45) is 0. The Kier molecular flexibility index (Phi) is 6.13. The first-order valence-corrected chi connectivity index (χ1v) is 12.3. The maximum absolute atomic E-state index is 12.3. The fourth-order valence-electron chi connectivity index (χ4n) is 3.58. The lowest BCUT2D eigenvalue weighted by Gasteiger charge is -2.10. The molecule has 0 saturated carbocycles. The molecule has 2 aromatic carbocycles. The van der Waals surface area contributed by atoms with E-state index in [-0.39, 0.29) is 11.5 Å². The molecule has 2 heterocycles. The number of ether oxygens (including phenoxy) is 1. The number of methoxy groups -OCH3 is 1. The molecule has 8 heteroatoms. The Morgan fingerprint density at radius 1 is 1.09 bits per heavy atom. The normalized spacial score (nSPS) is 11.7. The number of ketones is 1. The van der Waals surface area contributed by atoms with Crippen LogP contribution in [0.3, 0.4) is 0 Å². The number of rotatable bonds is 8. The number of nitrogens with zero attached hydrogens (tertiary/aromatic N) is 1. The third-order valence-corrected chi connectivity index (χ3v) is 7.16. The van der Waals surface area contributed by atoms with Crippen LogP contribution in [0, 0.1) is 0 Å². The molecule has 2 aromatic heterocycles. The monoisotopic (exact) mass is 471 g/mol. The zero-order chi connectivity index (χ0) is 22.9. The number of hydrogen-bond donors (Lipinski definition) is 0. The number of Topliss-reactive ketones (excluding diaryl/α,β-unsaturated/α-hetero) is 1. The summed E-state index contributed by atoms with van der Waals surface area (Å²) in [5.41, 5.74) is 2.84. The number of carbonyl (C=O) groups excluding carboxylic acids is 1. The van der Waals surface area contributed by atoms with Crippen LogP contribution in [0.5, 0.6) is 5.75 Å². The average Bonchev–Trinajstić information content (AvgIpc) is 3.39. The Morgan fingerprint density at radius 3 is 2.53 bits per heavy atom. The fourth-order valence-corrected chi connectivity index (χ4v) is 4.56. The highest BCUT2D eigenvalue weighted by Gasteiger charge is 2.20. The van der Waals surface area contributed by atoms with E-state index >= 15 is 0 Å². The molecule has 0 N–H and O–H groups in total. The Bertz CT molecular complexity index is 1390. The van der Waals surface area contributed by atoms with Crippen molar-refractivity contribution in [3.8, 4) is 17.0 Å². The van der Waals surface area contributed by atoms with Crippen LogP contribution in [0.4, 0.5) is 0 Å². The van der Waals surface area contributed by atoms with E-state index < -0.39 is 21.4 Å². The van der Waals surface area contributed by atoms with Gasteiger partial charge in [0.2, 0.25) is 5.78 Å². The minimum Gasteiger partial charge on any atom is -0.495 e. The molecule has 0 bridgehead atoms. The quantitative estimate of drug-likeness (QED) is 0.329. The van der Waals surface area contributed by atoms with Gasteiger partial charge in [-0.1, -0.05) is 48.9 Å². The largest absolute Gasteiger partial charge is 0.495 e. The van der Waals surface area contributed by atoms with E-state index in [0.29, 0.717) is 23.1 Å². The van der Waals surface area contributed by atoms with E-state index in [4.69, 9.17) is 20.8 Å². The molecule has 0 aliphatic carbocycles. The number of fused-ring (bicyclic) bond motifs is 1. The van der Waals surface area contributed by atoms with Gasteiger partial charge in [-0.25, -0.2) is 8.42 Å². The summed E-state index contributed by atoms with van der Waals surface area (Å²) in [4.78, 5) is 12.3. The molecule has 32 heavy (non-hydrogen) atoms. The van der Waals surface area contributed by atoms with Crippen molar-refractivity contribution in [2.24, 2.45) is 0 Å². The van der Waals surface area contributed by atoms with Gasteiger partial charge in [-0.3, -0.25) is 4.79 Å². The van der Waals surface area contributed by atoms with Gasteiger partial charge in [0.1, 0.15) is 17.3 Å². The molecule has 0 radical (unpaired) electrons. The van der Waals surface area contributed by atoms with Crippen LogP contribution < -0.4 is 4.74 Å². The summed E-state index contributed by atoms with van der Waals surface area (Å²) in [5.74, 6) is -0.0522. The maximum atomic E-state index is 12.3. The third kappa shape index (κ3) is 4.45. The lowest BCUT2D eigenvalue weighted by atomic mass is 10.1. The van der Waals surface area contributed by atoms with Gasteiger partial charge >= 0.3 is 0 Å². The predicted molar refractivity (Wildman–Crippen MR) is 125 cm³/mol. The molecule has 0 saturated heterocycles. The molecule has 0 amide bonds. The van der Waals surface area contributed by atoms with Crippen molar-refractivity contribution in [1.29, 1.82) is 0 Å². The smallest absolute Gasteiger partial charge is 0.212 e. The number of aromatic nitrogens is 1. The lowest BCUT2D eigenvalue weighted by molar-refractivity contribution is 0.0988. The fraction of sp³-hybridized carbons (Fsp3) is 0.208. The topological polar surface area (TPSA) is 78.5 Å². The summed E-state index contributed by atoms with van der Waals surface area (Å²) in [6, 6.07) is 18.9. The van der Waals surface area contributed by atoms with Gasteiger partial charge in [0, 0.05) is 16.8 Å². The number of halogens is 1. The zero-order valence-corrected chi connectivity index (χ0v) is 19.2. The summed E-state index contributed by atoms with van der Waals surface area (Å²) in [7, 11) is -1.86. The summed E-state index contributed by atoms with van der Waals surface area (Å²) in [5, 5.41) is 1.43. The predicted octanol–water partition coefficient (Wildman–Crippen LogP) is 5.23. The first-order valence-electron chi connectivity index (χ1n) is 10.1. The second-order valence-electron chi connectivity index (χ2n) is 7.39. The molecule has 166 valence electrons. The van der Waals surface area contributed by atoms with Crippen LogP contribution in [0.2, 0.25) is 5.02 Å². The van der Waals surface area contributed by atoms with Gasteiger partial charge < -0.3 is 13.7 Å². The van der Waals surface area contributed by atoms with E-state index in [1.54, 1.807) is 13.2 Å². The Hall–Kier alpha value is -3.03. The summed E-state index contributed by atoms with van der Waals surface area (Å²) in [6.45, 7) is 1.85. The molecular weight excluding hydrogens is 450 g/mol. The minimum absolute atomic E-state index is 0.0365. The molecule has 0 spiro atoms. The van der Waals surface area contributed by atoms with Crippen LogP contribution in [0.25, 0.3) is 22.2 Å². The number of hydrogen-bond acceptors (Lipinski definition) is 5. The van der Waals surface area contributed by atoms with Crippen LogP contribution in [-0.2, 0) is 16.4 Å². The number of benzene rings is 2. The van der Waals surface area contributed by atoms with Crippen molar-refractivity contribution >= 4 is 38.1 Å². The molecule has 0 atom stereocenters. The standard InChI is InChI=1S/C24H22ClNO5S/c1-3-32(28,29)15-22(27)23-10-9-18(31-23)14-26-20(16-7-5-4-6-8-16)11-17-12-24(30-2)19(25)13-21(17)26/h4-13H,3,14-15H2,1-2H3. The summed E-state index contributed by atoms with van der Waals surface area (Å²) < 4.78 is 36.7. The molecule has 4 rings (SSSR count). The summed E-state index contributed by atoms with van der Waals surface area (Å²) >= 11 is 6.39. The average molecular weight is 472 g/mol. The molecule has 0 fully saturated rings. The first-order chi connectivity index (χ1) is 15.3. The second kappa shape index (κ2) is 8.84. The van der Waals surface area contributed by atoms with Gasteiger partial charge in [0.05, 0.1) is 24.2 Å². The molecule has 0 aliphatic heterocycles. The van der Waals surface area contributed by atoms with Crippen molar-refractivity contribution < 1.29 is 22.4 Å². The van der Waals surface area contributed by atoms with Crippen LogP contribution >= 0.6 is 11.6 Å². The van der Waals surface area contributed by atoms with E-state index in [9.17, 15) is 13.2 Å². The second-order valence-corrected chi connectivity index (χ2v) is 10.2. The zero-order valence-electron chi connectivity index (χ0n) is 17.7. The van der Waals surface area contributed by atoms with Crippen molar-refractivity contribution in [2.45, 2.75) is 13.5 Å². The maximum Gasteiger partial charge on any atom is 0.212 e. The van der Waals surface area contributed by atoms with Gasteiger partial charge in [-0.05, 0) is 35.9 Å². The first kappa shape index (κ1) is 22.2. The van der Waals surface area contributed by atoms with Crippen molar-refractivity contribution in [1.82, 2.24) is 4.57 Å². The Balaban J connectivity index is 1.75. The Morgan fingerprint density at radius 2 is 1.84 bits per heavy atom. The van der Waals surface area contributed by atoms with E-state index in [2.05, 4.69) is 0 Å². The number of sulfone groups is 1. The number of carbonyl (C=O) groups is 1. The highest BCUT2D eigenvalue weighted by molar-refractivity contribution is 7.92. The van der Waals surface area contributed by atoms with Crippen molar-refractivity contribution in [2.75, 3.05) is 18.6 Å². The van der Waals surface area contributed by atoms with E-state index in [1.165, 1.54) is 13.0 Å². The van der Waals surface area contributed by atoms with Crippen molar-refractivity contribution in [3.05, 3.63) is 77.2 Å². The molecule has 6 nitrogen and oxygen atoms in total. The van der Waals surface area contributed by atoms with Crippen LogP contribution in [0.1, 0.15) is 23.2 Å². The minimum atomic E-state index is -3.43. The van der Waals surface area contributed by atoms with Gasteiger partial charge in [-0.2, -0.15) is 0 Å². The molecule has 0 unspecified atom stereocenters. The highest BCUT2D eigenvalue weighted by Crippen LogP contribution is 2.35. The van der Waals surface area contributed by atoms with E-state index in [1.807, 2.05) is 53.1 Å². The molecular formula is C24H22ClNO5S.